The SMILES string of the molecule is Oc1ccc(I)cc1C=Nc1ccccc1-c1nc2c(-c3ccccc3)cc(-c3cccc(-c4ccccc4)c3)cc2s1. The van der Waals surface area contributed by atoms with Gasteiger partial charge in [0.1, 0.15) is 10.8 Å². The molecule has 0 amide bonds. The van der Waals surface area contributed by atoms with Crippen LogP contribution in [0.4, 0.5) is 5.69 Å². The van der Waals surface area contributed by atoms with Crippen molar-refractivity contribution in [1.29, 1.82) is 0 Å². The first-order valence-corrected chi connectivity index (χ1v) is 15.8. The van der Waals surface area contributed by atoms with Crippen LogP contribution in [0, 0.1) is 3.57 Å². The lowest BCUT2D eigenvalue weighted by molar-refractivity contribution is 0.474. The minimum atomic E-state index is 0.206. The number of thiazole rings is 1. The number of nitrogens with zero attached hydrogens (tertiary/aromatic N) is 2. The zero-order chi connectivity index (χ0) is 29.2. The molecule has 3 nitrogen and oxygen atoms in total. The molecule has 0 radical (unpaired) electrons. The molecule has 206 valence electrons. The fraction of sp³-hybridized carbons (Fsp3) is 0. The minimum Gasteiger partial charge on any atom is -0.507 e. The van der Waals surface area contributed by atoms with E-state index in [1.54, 1.807) is 23.6 Å². The molecule has 0 saturated heterocycles. The molecule has 1 N–H and O–H groups in total. The normalized spacial score (nSPS) is 11.4. The molecular weight excluding hydrogens is 659 g/mol. The van der Waals surface area contributed by atoms with Crippen LogP contribution >= 0.6 is 33.9 Å². The van der Waals surface area contributed by atoms with Crippen LogP contribution in [0.2, 0.25) is 0 Å². The van der Waals surface area contributed by atoms with Crippen LogP contribution in [0.15, 0.2) is 145 Å². The first-order chi connectivity index (χ1) is 21.1. The van der Waals surface area contributed by atoms with Gasteiger partial charge in [0.05, 0.1) is 15.9 Å². The maximum Gasteiger partial charge on any atom is 0.126 e. The monoisotopic (exact) mass is 684 g/mol. The number of rotatable bonds is 6. The molecule has 0 aliphatic carbocycles. The van der Waals surface area contributed by atoms with E-state index >= 15 is 0 Å². The van der Waals surface area contributed by atoms with Crippen molar-refractivity contribution in [3.63, 3.8) is 0 Å². The summed E-state index contributed by atoms with van der Waals surface area (Å²) in [6.45, 7) is 0. The average Bonchev–Trinajstić information content (AvgIpc) is 3.50. The van der Waals surface area contributed by atoms with Crippen molar-refractivity contribution in [3.05, 3.63) is 149 Å². The quantitative estimate of drug-likeness (QED) is 0.140. The minimum absolute atomic E-state index is 0.206. The van der Waals surface area contributed by atoms with Crippen LogP contribution in [-0.2, 0) is 0 Å². The van der Waals surface area contributed by atoms with Gasteiger partial charge in [0.15, 0.2) is 0 Å². The zero-order valence-electron chi connectivity index (χ0n) is 23.0. The number of fused-ring (bicyclic) bond motifs is 1. The van der Waals surface area contributed by atoms with Gasteiger partial charge in [0, 0.05) is 26.5 Å². The van der Waals surface area contributed by atoms with Gasteiger partial charge in [0.25, 0.3) is 0 Å². The van der Waals surface area contributed by atoms with Gasteiger partial charge in [-0.25, -0.2) is 4.98 Å². The summed E-state index contributed by atoms with van der Waals surface area (Å²) in [6, 6.07) is 47.7. The number of phenols is 1. The number of aromatic hydroxyl groups is 1. The second kappa shape index (κ2) is 12.0. The first-order valence-electron chi connectivity index (χ1n) is 13.9. The smallest absolute Gasteiger partial charge is 0.126 e. The third-order valence-electron chi connectivity index (χ3n) is 7.35. The first kappa shape index (κ1) is 27.3. The van der Waals surface area contributed by atoms with Gasteiger partial charge < -0.3 is 5.11 Å². The zero-order valence-corrected chi connectivity index (χ0v) is 26.0. The number of hydrogen-bond acceptors (Lipinski definition) is 4. The lowest BCUT2D eigenvalue weighted by Gasteiger charge is -2.10. The third-order valence-corrected chi connectivity index (χ3v) is 9.06. The molecule has 0 atom stereocenters. The fourth-order valence-electron chi connectivity index (χ4n) is 5.19. The Morgan fingerprint density at radius 3 is 2.07 bits per heavy atom. The molecule has 0 spiro atoms. The molecule has 7 rings (SSSR count). The number of halogens is 1. The highest BCUT2D eigenvalue weighted by molar-refractivity contribution is 14.1. The van der Waals surface area contributed by atoms with E-state index in [4.69, 9.17) is 9.98 Å². The van der Waals surface area contributed by atoms with Gasteiger partial charge in [-0.3, -0.25) is 4.99 Å². The van der Waals surface area contributed by atoms with E-state index in [1.807, 2.05) is 42.5 Å². The Bertz CT molecular complexity index is 2100. The van der Waals surface area contributed by atoms with Crippen molar-refractivity contribution >= 4 is 56.0 Å². The van der Waals surface area contributed by atoms with Gasteiger partial charge in [-0.1, -0.05) is 91.0 Å². The van der Waals surface area contributed by atoms with Crippen LogP contribution in [0.5, 0.6) is 5.75 Å². The Morgan fingerprint density at radius 2 is 1.28 bits per heavy atom. The van der Waals surface area contributed by atoms with Crippen molar-refractivity contribution < 1.29 is 5.11 Å². The van der Waals surface area contributed by atoms with E-state index in [0.717, 1.165) is 52.3 Å². The molecular formula is C38H25IN2OS. The summed E-state index contributed by atoms with van der Waals surface area (Å²) < 4.78 is 2.15. The number of aliphatic imine (C=N–C) groups is 1. The number of hydrogen-bond donors (Lipinski definition) is 1. The van der Waals surface area contributed by atoms with E-state index < -0.39 is 0 Å². The van der Waals surface area contributed by atoms with E-state index in [9.17, 15) is 5.11 Å². The van der Waals surface area contributed by atoms with Gasteiger partial charge in [-0.2, -0.15) is 0 Å². The number of aromatic nitrogens is 1. The van der Waals surface area contributed by atoms with E-state index in [1.165, 1.54) is 11.1 Å². The summed E-state index contributed by atoms with van der Waals surface area (Å²) in [5.74, 6) is 0.206. The topological polar surface area (TPSA) is 45.5 Å². The van der Waals surface area contributed by atoms with Gasteiger partial charge in [-0.15, -0.1) is 11.3 Å². The van der Waals surface area contributed by atoms with Crippen molar-refractivity contribution in [2.24, 2.45) is 4.99 Å². The Labute approximate surface area is 268 Å². The van der Waals surface area contributed by atoms with E-state index in [-0.39, 0.29) is 5.75 Å². The summed E-state index contributed by atoms with van der Waals surface area (Å²) in [7, 11) is 0. The molecule has 0 saturated carbocycles. The summed E-state index contributed by atoms with van der Waals surface area (Å²) in [5.41, 5.74) is 10.4. The van der Waals surface area contributed by atoms with Crippen molar-refractivity contribution in [1.82, 2.24) is 4.98 Å². The maximum absolute atomic E-state index is 10.3. The molecule has 6 aromatic carbocycles. The summed E-state index contributed by atoms with van der Waals surface area (Å²) in [4.78, 5) is 9.99. The Balaban J connectivity index is 1.36. The molecule has 5 heteroatoms. The highest BCUT2D eigenvalue weighted by Gasteiger charge is 2.16. The second-order valence-corrected chi connectivity index (χ2v) is 12.5. The highest BCUT2D eigenvalue weighted by atomic mass is 127. The molecule has 43 heavy (non-hydrogen) atoms. The molecule has 7 aromatic rings. The second-order valence-electron chi connectivity index (χ2n) is 10.2. The van der Waals surface area contributed by atoms with E-state index in [0.29, 0.717) is 5.56 Å². The predicted octanol–water partition coefficient (Wildman–Crippen LogP) is 11.0. The molecule has 0 fully saturated rings. The molecule has 0 aliphatic heterocycles. The Morgan fingerprint density at radius 1 is 0.605 bits per heavy atom. The maximum atomic E-state index is 10.3. The molecule has 1 heterocycles. The predicted molar refractivity (Wildman–Crippen MR) is 189 cm³/mol. The van der Waals surface area contributed by atoms with Crippen LogP contribution in [0.3, 0.4) is 0 Å². The largest absolute Gasteiger partial charge is 0.507 e. The number of phenolic OH excluding ortho intramolecular Hbond substituents is 1. The highest BCUT2D eigenvalue weighted by Crippen LogP contribution is 2.42. The summed E-state index contributed by atoms with van der Waals surface area (Å²) >= 11 is 3.91. The van der Waals surface area contributed by atoms with Crippen LogP contribution < -0.4 is 0 Å². The van der Waals surface area contributed by atoms with Crippen LogP contribution in [0.1, 0.15) is 5.56 Å². The number of para-hydroxylation sites is 1. The summed E-state index contributed by atoms with van der Waals surface area (Å²) in [5, 5.41) is 11.2. The standard InChI is InChI=1S/C38H25IN2OS/c39-31-18-19-35(42)30(21-31)24-40-34-17-8-7-16-32(34)38-41-37-33(26-12-5-2-6-13-26)22-29(23-36(37)43-38)28-15-9-14-27(20-28)25-10-3-1-4-11-25/h1-24,42H. The third kappa shape index (κ3) is 5.74. The average molecular weight is 685 g/mol. The molecule has 1 aromatic heterocycles. The van der Waals surface area contributed by atoms with E-state index in [2.05, 4.69) is 114 Å². The van der Waals surface area contributed by atoms with Crippen molar-refractivity contribution in [2.45, 2.75) is 0 Å². The summed E-state index contributed by atoms with van der Waals surface area (Å²) in [6.07, 6.45) is 1.72. The molecule has 0 unspecified atom stereocenters. The lowest BCUT2D eigenvalue weighted by Crippen LogP contribution is -1.86. The lowest BCUT2D eigenvalue weighted by atomic mass is 9.95. The van der Waals surface area contributed by atoms with Gasteiger partial charge in [0.2, 0.25) is 0 Å². The Hall–Kier alpha value is -4.59. The van der Waals surface area contributed by atoms with Gasteiger partial charge >= 0.3 is 0 Å². The molecule has 0 aliphatic rings. The molecule has 0 bridgehead atoms. The van der Waals surface area contributed by atoms with Crippen molar-refractivity contribution in [3.8, 4) is 49.7 Å². The Kier molecular flexibility index (Phi) is 7.58. The number of benzene rings is 6. The van der Waals surface area contributed by atoms with Gasteiger partial charge in [-0.05, 0) is 98.9 Å². The van der Waals surface area contributed by atoms with Crippen LogP contribution in [-0.4, -0.2) is 16.3 Å². The fourth-order valence-corrected chi connectivity index (χ4v) is 6.77. The van der Waals surface area contributed by atoms with Crippen molar-refractivity contribution in [2.75, 3.05) is 0 Å². The van der Waals surface area contributed by atoms with Crippen LogP contribution in [0.25, 0.3) is 54.2 Å².